The molecule has 1 rings (SSSR count). The molecule has 9 heteroatoms. The van der Waals surface area contributed by atoms with Gasteiger partial charge < -0.3 is 30.5 Å². The van der Waals surface area contributed by atoms with E-state index in [2.05, 4.69) is 10.1 Å². The average Bonchev–Trinajstić information content (AvgIpc) is 2.52. The predicted octanol–water partition coefficient (Wildman–Crippen LogP) is 0.792. The fraction of sp³-hybridized carbons (Fsp3) is 0.688. The number of carbonyl (C=O) groups is 3. The summed E-state index contributed by atoms with van der Waals surface area (Å²) < 4.78 is 9.93. The molecule has 0 aliphatic carbocycles. The van der Waals surface area contributed by atoms with Gasteiger partial charge in [-0.3, -0.25) is 9.59 Å². The first-order valence-electron chi connectivity index (χ1n) is 8.40. The summed E-state index contributed by atoms with van der Waals surface area (Å²) >= 11 is 0. The van der Waals surface area contributed by atoms with Gasteiger partial charge in [0.25, 0.3) is 11.9 Å². The molecule has 1 heterocycles. The number of hydrogen-bond acceptors (Lipinski definition) is 6. The van der Waals surface area contributed by atoms with Gasteiger partial charge in [-0.1, -0.05) is 20.3 Å². The van der Waals surface area contributed by atoms with Gasteiger partial charge in [0.15, 0.2) is 0 Å². The highest BCUT2D eigenvalue weighted by Crippen LogP contribution is 2.21. The summed E-state index contributed by atoms with van der Waals surface area (Å²) in [4.78, 5) is 36.8. The van der Waals surface area contributed by atoms with E-state index in [1.807, 2.05) is 13.8 Å². The Balaban J connectivity index is 3.05. The van der Waals surface area contributed by atoms with Gasteiger partial charge in [0.1, 0.15) is 0 Å². The molecule has 4 N–H and O–H groups in total. The molecule has 2 amide bonds. The first kappa shape index (κ1) is 20.8. The lowest BCUT2D eigenvalue weighted by Crippen LogP contribution is -2.61. The highest BCUT2D eigenvalue weighted by Gasteiger charge is 2.41. The van der Waals surface area contributed by atoms with Crippen LogP contribution in [0, 0.1) is 0 Å². The fourth-order valence-electron chi connectivity index (χ4n) is 2.59. The van der Waals surface area contributed by atoms with E-state index in [1.165, 1.54) is 13.0 Å². The van der Waals surface area contributed by atoms with Crippen LogP contribution in [-0.4, -0.2) is 59.3 Å². The van der Waals surface area contributed by atoms with Crippen LogP contribution < -0.4 is 11.1 Å². The van der Waals surface area contributed by atoms with Crippen molar-refractivity contribution in [2.45, 2.75) is 58.2 Å². The molecule has 1 aliphatic heterocycles. The van der Waals surface area contributed by atoms with Gasteiger partial charge in [0.2, 0.25) is 12.0 Å². The normalized spacial score (nSPS) is 22.4. The van der Waals surface area contributed by atoms with E-state index in [0.29, 0.717) is 13.1 Å². The second-order valence-electron chi connectivity index (χ2n) is 5.87. The van der Waals surface area contributed by atoms with E-state index in [9.17, 15) is 14.4 Å². The topological polar surface area (TPSA) is 131 Å². The van der Waals surface area contributed by atoms with E-state index >= 15 is 0 Å². The van der Waals surface area contributed by atoms with Crippen LogP contribution in [0.1, 0.15) is 40.0 Å². The van der Waals surface area contributed by atoms with Crippen LogP contribution in [0.2, 0.25) is 0 Å². The number of rotatable bonds is 8. The maximum Gasteiger partial charge on any atom is 0.513 e. The summed E-state index contributed by atoms with van der Waals surface area (Å²) in [5, 5.41) is 11.4. The van der Waals surface area contributed by atoms with E-state index in [1.54, 1.807) is 4.90 Å². The van der Waals surface area contributed by atoms with Crippen LogP contribution >= 0.6 is 0 Å². The molecule has 0 radical (unpaired) electrons. The molecule has 1 aliphatic rings. The SMILES string of the molecule is CCCCN(CCC)C(=O)[C@@H]1OC(OC(=O)O)=C[C@H](N)[C@H]1NC(C)=O. The third-order valence-electron chi connectivity index (χ3n) is 3.70. The lowest BCUT2D eigenvalue weighted by Gasteiger charge is -2.36. The summed E-state index contributed by atoms with van der Waals surface area (Å²) in [6.07, 6.45) is 1.01. The summed E-state index contributed by atoms with van der Waals surface area (Å²) in [5.41, 5.74) is 5.98. The Labute approximate surface area is 147 Å². The van der Waals surface area contributed by atoms with Crippen LogP contribution in [-0.2, 0) is 19.1 Å². The van der Waals surface area contributed by atoms with Crippen molar-refractivity contribution < 1.29 is 29.0 Å². The van der Waals surface area contributed by atoms with Gasteiger partial charge in [0, 0.05) is 26.1 Å². The van der Waals surface area contributed by atoms with Gasteiger partial charge in [-0.05, 0) is 12.8 Å². The molecular formula is C16H27N3O6. The Morgan fingerprint density at radius 2 is 2.00 bits per heavy atom. The number of nitrogens with zero attached hydrogens (tertiary/aromatic N) is 1. The number of amides is 2. The number of hydrogen-bond donors (Lipinski definition) is 3. The molecule has 0 aromatic carbocycles. The minimum Gasteiger partial charge on any atom is -0.449 e. The van der Waals surface area contributed by atoms with Gasteiger partial charge in [-0.15, -0.1) is 0 Å². The van der Waals surface area contributed by atoms with E-state index < -0.39 is 24.3 Å². The first-order chi connectivity index (χ1) is 11.8. The Morgan fingerprint density at radius 3 is 2.52 bits per heavy atom. The smallest absolute Gasteiger partial charge is 0.449 e. The predicted molar refractivity (Wildman–Crippen MR) is 89.4 cm³/mol. The Kier molecular flexibility index (Phi) is 8.20. The quantitative estimate of drug-likeness (QED) is 0.547. The number of nitrogens with two attached hydrogens (primary N) is 1. The molecule has 142 valence electrons. The molecular weight excluding hydrogens is 330 g/mol. The van der Waals surface area contributed by atoms with Crippen molar-refractivity contribution in [1.29, 1.82) is 0 Å². The molecule has 0 bridgehead atoms. The third-order valence-corrected chi connectivity index (χ3v) is 3.70. The lowest BCUT2D eigenvalue weighted by atomic mass is 9.98. The number of carboxylic acid groups (broad SMARTS) is 1. The van der Waals surface area contributed by atoms with E-state index in [0.717, 1.165) is 19.3 Å². The monoisotopic (exact) mass is 357 g/mol. The molecule has 0 saturated heterocycles. The molecule has 0 aromatic rings. The number of nitrogens with one attached hydrogen (secondary N) is 1. The molecule has 3 atom stereocenters. The Hall–Kier alpha value is -2.29. The van der Waals surface area contributed by atoms with Crippen molar-refractivity contribution in [3.63, 3.8) is 0 Å². The van der Waals surface area contributed by atoms with Gasteiger partial charge in [-0.25, -0.2) is 4.79 Å². The minimum absolute atomic E-state index is 0.355. The van der Waals surface area contributed by atoms with Crippen molar-refractivity contribution in [2.24, 2.45) is 5.73 Å². The molecule has 9 nitrogen and oxygen atoms in total. The standard InChI is InChI=1S/C16H27N3O6/c1-4-6-8-19(7-5-2)15(21)14-13(18-10(3)20)11(17)9-12(24-14)25-16(22)23/h9,11,13-14H,4-8,17H2,1-3H3,(H,18,20)(H,22,23)/t11-,13+,14+/m0/s1. The van der Waals surface area contributed by atoms with Gasteiger partial charge in [0.05, 0.1) is 12.1 Å². The second-order valence-corrected chi connectivity index (χ2v) is 5.87. The molecule has 0 spiro atoms. The molecule has 25 heavy (non-hydrogen) atoms. The third kappa shape index (κ3) is 6.26. The number of ether oxygens (including phenoxy) is 2. The highest BCUT2D eigenvalue weighted by molar-refractivity contribution is 5.84. The van der Waals surface area contributed by atoms with Crippen molar-refractivity contribution in [3.8, 4) is 0 Å². The average molecular weight is 357 g/mol. The zero-order chi connectivity index (χ0) is 19.0. The highest BCUT2D eigenvalue weighted by atomic mass is 16.7. The van der Waals surface area contributed by atoms with E-state index in [-0.39, 0.29) is 17.8 Å². The molecule has 0 saturated carbocycles. The number of unbranched alkanes of at least 4 members (excludes halogenated alkanes) is 1. The van der Waals surface area contributed by atoms with Crippen molar-refractivity contribution in [1.82, 2.24) is 10.2 Å². The van der Waals surface area contributed by atoms with Crippen molar-refractivity contribution in [3.05, 3.63) is 12.0 Å². The van der Waals surface area contributed by atoms with Crippen LogP contribution in [0.4, 0.5) is 4.79 Å². The zero-order valence-electron chi connectivity index (χ0n) is 14.9. The maximum atomic E-state index is 12.9. The first-order valence-corrected chi connectivity index (χ1v) is 8.40. The molecule has 0 aromatic heterocycles. The Bertz CT molecular complexity index is 522. The fourth-order valence-corrected chi connectivity index (χ4v) is 2.59. The largest absolute Gasteiger partial charge is 0.513 e. The van der Waals surface area contributed by atoms with Crippen molar-refractivity contribution in [2.75, 3.05) is 13.1 Å². The lowest BCUT2D eigenvalue weighted by molar-refractivity contribution is -0.149. The van der Waals surface area contributed by atoms with Crippen LogP contribution in [0.25, 0.3) is 0 Å². The molecule has 0 fully saturated rings. The summed E-state index contributed by atoms with van der Waals surface area (Å²) in [6.45, 7) is 6.35. The number of carbonyl (C=O) groups excluding carboxylic acids is 2. The zero-order valence-corrected chi connectivity index (χ0v) is 14.9. The molecule has 0 unspecified atom stereocenters. The second kappa shape index (κ2) is 9.87. The van der Waals surface area contributed by atoms with Crippen LogP contribution in [0.5, 0.6) is 0 Å². The van der Waals surface area contributed by atoms with Gasteiger partial charge in [-0.2, -0.15) is 0 Å². The summed E-state index contributed by atoms with van der Waals surface area (Å²) in [7, 11) is 0. The Morgan fingerprint density at radius 1 is 1.32 bits per heavy atom. The maximum absolute atomic E-state index is 12.9. The van der Waals surface area contributed by atoms with Gasteiger partial charge >= 0.3 is 6.16 Å². The van der Waals surface area contributed by atoms with E-state index in [4.69, 9.17) is 15.6 Å². The summed E-state index contributed by atoms with van der Waals surface area (Å²) in [5.74, 6) is -1.08. The van der Waals surface area contributed by atoms with Crippen LogP contribution in [0.15, 0.2) is 12.0 Å². The summed E-state index contributed by atoms with van der Waals surface area (Å²) in [6, 6.07) is -1.64. The minimum atomic E-state index is -1.57. The van der Waals surface area contributed by atoms with Crippen LogP contribution in [0.3, 0.4) is 0 Å². The van der Waals surface area contributed by atoms with Crippen molar-refractivity contribution >= 4 is 18.0 Å².